The van der Waals surface area contributed by atoms with E-state index in [1.54, 1.807) is 4.31 Å². The summed E-state index contributed by atoms with van der Waals surface area (Å²) in [6, 6.07) is 0.525. The van der Waals surface area contributed by atoms with Gasteiger partial charge in [0.25, 0.3) is 0 Å². The van der Waals surface area contributed by atoms with Gasteiger partial charge in [0.1, 0.15) is 0 Å². The number of hydrogen-bond acceptors (Lipinski definition) is 3. The first-order valence-electron chi connectivity index (χ1n) is 7.77. The number of piperidine rings is 1. The van der Waals surface area contributed by atoms with Gasteiger partial charge in [-0.2, -0.15) is 0 Å². The van der Waals surface area contributed by atoms with Crippen molar-refractivity contribution in [3.63, 3.8) is 0 Å². The molecule has 0 aromatic carbocycles. The smallest absolute Gasteiger partial charge is 0.211 e. The molecule has 1 aliphatic heterocycles. The van der Waals surface area contributed by atoms with Crippen LogP contribution in [0.25, 0.3) is 0 Å². The molecule has 5 heteroatoms. The van der Waals surface area contributed by atoms with E-state index < -0.39 is 10.0 Å². The summed E-state index contributed by atoms with van der Waals surface area (Å²) in [5, 5.41) is 3.41. The van der Waals surface area contributed by atoms with E-state index in [0.29, 0.717) is 18.5 Å². The minimum absolute atomic E-state index is 0.278. The molecule has 1 fully saturated rings. The van der Waals surface area contributed by atoms with Crippen molar-refractivity contribution in [1.29, 1.82) is 0 Å². The van der Waals surface area contributed by atoms with Gasteiger partial charge in [0, 0.05) is 19.1 Å². The predicted molar refractivity (Wildman–Crippen MR) is 85.3 cm³/mol. The van der Waals surface area contributed by atoms with Crippen LogP contribution in [0.2, 0.25) is 0 Å². The Kier molecular flexibility index (Phi) is 6.48. The maximum absolute atomic E-state index is 11.6. The summed E-state index contributed by atoms with van der Waals surface area (Å²) >= 11 is 0. The van der Waals surface area contributed by atoms with Crippen LogP contribution in [-0.2, 0) is 10.0 Å². The topological polar surface area (TPSA) is 49.4 Å². The van der Waals surface area contributed by atoms with Gasteiger partial charge in [-0.25, -0.2) is 12.7 Å². The van der Waals surface area contributed by atoms with E-state index in [2.05, 4.69) is 26.1 Å². The van der Waals surface area contributed by atoms with Crippen LogP contribution in [0, 0.1) is 11.3 Å². The average molecular weight is 305 g/mol. The molecule has 1 heterocycles. The van der Waals surface area contributed by atoms with E-state index in [0.717, 1.165) is 25.8 Å². The normalized spacial score (nSPS) is 23.8. The molecule has 0 amide bonds. The van der Waals surface area contributed by atoms with Crippen LogP contribution in [0.3, 0.4) is 0 Å². The largest absolute Gasteiger partial charge is 0.316 e. The molecule has 0 aromatic heterocycles. The molecular formula is C15H32N2O2S. The van der Waals surface area contributed by atoms with Crippen molar-refractivity contribution in [2.45, 2.75) is 58.9 Å². The Morgan fingerprint density at radius 1 is 1.35 bits per heavy atom. The molecule has 0 spiro atoms. The molecule has 20 heavy (non-hydrogen) atoms. The number of rotatable bonds is 6. The molecule has 0 radical (unpaired) electrons. The molecule has 1 aliphatic rings. The van der Waals surface area contributed by atoms with Crippen molar-refractivity contribution in [3.05, 3.63) is 0 Å². The first-order chi connectivity index (χ1) is 9.14. The van der Waals surface area contributed by atoms with Gasteiger partial charge < -0.3 is 5.32 Å². The first kappa shape index (κ1) is 17.9. The van der Waals surface area contributed by atoms with Gasteiger partial charge in [-0.3, -0.25) is 0 Å². The molecule has 1 saturated heterocycles. The molecule has 1 rings (SSSR count). The van der Waals surface area contributed by atoms with Crippen molar-refractivity contribution in [2.24, 2.45) is 11.3 Å². The molecular weight excluding hydrogens is 272 g/mol. The van der Waals surface area contributed by atoms with Crippen LogP contribution >= 0.6 is 0 Å². The second-order valence-corrected chi connectivity index (χ2v) is 9.25. The molecule has 2 unspecified atom stereocenters. The molecule has 2 atom stereocenters. The molecule has 0 saturated carbocycles. The van der Waals surface area contributed by atoms with Crippen LogP contribution < -0.4 is 5.32 Å². The van der Waals surface area contributed by atoms with Crippen LogP contribution in [-0.4, -0.2) is 45.2 Å². The number of nitrogens with zero attached hydrogens (tertiary/aromatic N) is 1. The van der Waals surface area contributed by atoms with Gasteiger partial charge >= 0.3 is 0 Å². The monoisotopic (exact) mass is 304 g/mol. The van der Waals surface area contributed by atoms with E-state index in [1.165, 1.54) is 19.1 Å². The van der Waals surface area contributed by atoms with E-state index in [-0.39, 0.29) is 5.41 Å². The minimum Gasteiger partial charge on any atom is -0.316 e. The van der Waals surface area contributed by atoms with Crippen LogP contribution in [0.4, 0.5) is 0 Å². The molecule has 0 aromatic rings. The second-order valence-electron chi connectivity index (χ2n) is 7.27. The molecule has 0 aliphatic carbocycles. The fourth-order valence-electron chi connectivity index (χ4n) is 3.18. The van der Waals surface area contributed by atoms with Gasteiger partial charge in [-0.1, -0.05) is 27.2 Å². The van der Waals surface area contributed by atoms with E-state index in [4.69, 9.17) is 0 Å². The van der Waals surface area contributed by atoms with Gasteiger partial charge in [0.05, 0.1) is 6.26 Å². The second kappa shape index (κ2) is 7.23. The van der Waals surface area contributed by atoms with Crippen molar-refractivity contribution >= 4 is 10.0 Å². The first-order valence-corrected chi connectivity index (χ1v) is 9.62. The Morgan fingerprint density at radius 2 is 2.00 bits per heavy atom. The minimum atomic E-state index is -3.01. The Labute approximate surface area is 125 Å². The van der Waals surface area contributed by atoms with Crippen LogP contribution in [0.1, 0.15) is 52.9 Å². The number of hydrogen-bond donors (Lipinski definition) is 1. The van der Waals surface area contributed by atoms with Crippen LogP contribution in [0.5, 0.6) is 0 Å². The summed E-state index contributed by atoms with van der Waals surface area (Å²) in [5.41, 5.74) is 0.278. The highest BCUT2D eigenvalue weighted by Gasteiger charge is 2.27. The fourth-order valence-corrected chi connectivity index (χ4v) is 4.13. The van der Waals surface area contributed by atoms with Crippen molar-refractivity contribution in [3.8, 4) is 0 Å². The van der Waals surface area contributed by atoms with E-state index in [1.807, 2.05) is 7.05 Å². The Bertz CT molecular complexity index is 387. The van der Waals surface area contributed by atoms with Gasteiger partial charge in [0.2, 0.25) is 10.0 Å². The highest BCUT2D eigenvalue weighted by Crippen LogP contribution is 2.27. The summed E-state index contributed by atoms with van der Waals surface area (Å²) in [7, 11) is -0.977. The summed E-state index contributed by atoms with van der Waals surface area (Å²) in [6.45, 7) is 8.22. The molecule has 1 N–H and O–H groups in total. The third kappa shape index (κ3) is 5.70. The lowest BCUT2D eigenvalue weighted by molar-refractivity contribution is 0.230. The third-order valence-electron chi connectivity index (χ3n) is 4.45. The third-order valence-corrected chi connectivity index (χ3v) is 5.72. The lowest BCUT2D eigenvalue weighted by atomic mass is 9.82. The fraction of sp³-hybridized carbons (Fsp3) is 1.00. The zero-order valence-electron chi connectivity index (χ0n) is 13.8. The molecule has 4 nitrogen and oxygen atoms in total. The Balaban J connectivity index is 2.39. The van der Waals surface area contributed by atoms with E-state index >= 15 is 0 Å². The molecule has 0 bridgehead atoms. The van der Waals surface area contributed by atoms with Crippen molar-refractivity contribution in [2.75, 3.05) is 26.4 Å². The number of nitrogens with one attached hydrogen (secondary N) is 1. The summed E-state index contributed by atoms with van der Waals surface area (Å²) in [5.74, 6) is 0.538. The quantitative estimate of drug-likeness (QED) is 0.820. The zero-order valence-corrected chi connectivity index (χ0v) is 14.6. The standard InChI is InChI=1S/C15H32N2O2S/c1-15(2,3)14(16-4)10-6-8-13-9-7-11-17(12-13)20(5,18)19/h13-14,16H,6-12H2,1-5H3. The van der Waals surface area contributed by atoms with Gasteiger partial charge in [-0.15, -0.1) is 0 Å². The average Bonchev–Trinajstić information content (AvgIpc) is 2.32. The SMILES string of the molecule is CNC(CCCC1CCCN(S(C)(=O)=O)C1)C(C)(C)C. The lowest BCUT2D eigenvalue weighted by Crippen LogP contribution is -2.40. The maximum atomic E-state index is 11.6. The summed E-state index contributed by atoms with van der Waals surface area (Å²) in [4.78, 5) is 0. The lowest BCUT2D eigenvalue weighted by Gasteiger charge is -2.33. The predicted octanol–water partition coefficient (Wildman–Crippen LogP) is 2.46. The zero-order chi connectivity index (χ0) is 15.4. The highest BCUT2D eigenvalue weighted by atomic mass is 32.2. The maximum Gasteiger partial charge on any atom is 0.211 e. The highest BCUT2D eigenvalue weighted by molar-refractivity contribution is 7.88. The van der Waals surface area contributed by atoms with E-state index in [9.17, 15) is 8.42 Å². The van der Waals surface area contributed by atoms with Crippen molar-refractivity contribution in [1.82, 2.24) is 9.62 Å². The summed E-state index contributed by atoms with van der Waals surface area (Å²) in [6.07, 6.45) is 6.98. The van der Waals surface area contributed by atoms with Gasteiger partial charge in [-0.05, 0) is 44.1 Å². The van der Waals surface area contributed by atoms with Crippen molar-refractivity contribution < 1.29 is 8.42 Å². The van der Waals surface area contributed by atoms with Crippen LogP contribution in [0.15, 0.2) is 0 Å². The number of sulfonamides is 1. The Hall–Kier alpha value is -0.130. The Morgan fingerprint density at radius 3 is 2.50 bits per heavy atom. The molecule has 120 valence electrons. The summed E-state index contributed by atoms with van der Waals surface area (Å²) < 4.78 is 24.9. The van der Waals surface area contributed by atoms with Gasteiger partial charge in [0.15, 0.2) is 0 Å².